The van der Waals surface area contributed by atoms with E-state index >= 15 is 0 Å². The average molecular weight is 374 g/mol. The van der Waals surface area contributed by atoms with Gasteiger partial charge in [0.15, 0.2) is 11.6 Å². The number of hydrogen-bond donors (Lipinski definition) is 2. The fourth-order valence-electron chi connectivity index (χ4n) is 3.47. The Morgan fingerprint density at radius 1 is 0.929 bits per heavy atom. The Bertz CT molecular complexity index is 902. The van der Waals surface area contributed by atoms with E-state index in [-0.39, 0.29) is 0 Å². The third-order valence-electron chi connectivity index (χ3n) is 5.10. The number of nitrogens with zero attached hydrogens (tertiary/aromatic N) is 4. The number of benzene rings is 2. The fourth-order valence-corrected chi connectivity index (χ4v) is 3.47. The predicted molar refractivity (Wildman–Crippen MR) is 115 cm³/mol. The van der Waals surface area contributed by atoms with Crippen molar-refractivity contribution in [3.05, 3.63) is 72.1 Å². The summed E-state index contributed by atoms with van der Waals surface area (Å²) in [5, 5.41) is 3.31. The van der Waals surface area contributed by atoms with Gasteiger partial charge in [-0.3, -0.25) is 4.90 Å². The van der Waals surface area contributed by atoms with Gasteiger partial charge in [-0.2, -0.15) is 0 Å². The van der Waals surface area contributed by atoms with Gasteiger partial charge in [-0.25, -0.2) is 9.97 Å². The van der Waals surface area contributed by atoms with Gasteiger partial charge in [0.05, 0.1) is 0 Å². The van der Waals surface area contributed by atoms with Crippen molar-refractivity contribution >= 4 is 23.0 Å². The summed E-state index contributed by atoms with van der Waals surface area (Å²) in [5.74, 6) is 1.46. The van der Waals surface area contributed by atoms with Gasteiger partial charge in [0, 0.05) is 38.4 Å². The van der Waals surface area contributed by atoms with Crippen molar-refractivity contribution in [3.8, 4) is 0 Å². The summed E-state index contributed by atoms with van der Waals surface area (Å²) in [7, 11) is 0. The van der Waals surface area contributed by atoms with E-state index in [4.69, 9.17) is 5.73 Å². The predicted octanol–water partition coefficient (Wildman–Crippen LogP) is 3.43. The number of rotatable bonds is 5. The summed E-state index contributed by atoms with van der Waals surface area (Å²) in [4.78, 5) is 13.5. The lowest BCUT2D eigenvalue weighted by molar-refractivity contribution is 0.249. The first-order valence-corrected chi connectivity index (χ1v) is 9.64. The van der Waals surface area contributed by atoms with Gasteiger partial charge in [-0.1, -0.05) is 48.0 Å². The number of nitrogens with one attached hydrogen (secondary N) is 1. The number of anilines is 4. The van der Waals surface area contributed by atoms with Gasteiger partial charge in [0.1, 0.15) is 12.0 Å². The van der Waals surface area contributed by atoms with E-state index in [9.17, 15) is 0 Å². The van der Waals surface area contributed by atoms with Crippen LogP contribution in [0.25, 0.3) is 0 Å². The highest BCUT2D eigenvalue weighted by atomic mass is 15.3. The molecule has 28 heavy (non-hydrogen) atoms. The van der Waals surface area contributed by atoms with Crippen LogP contribution < -0.4 is 16.0 Å². The highest BCUT2D eigenvalue weighted by Crippen LogP contribution is 2.29. The minimum atomic E-state index is 0.597. The molecule has 1 fully saturated rings. The molecule has 4 rings (SSSR count). The number of aromatic nitrogens is 2. The van der Waals surface area contributed by atoms with Crippen molar-refractivity contribution in [2.24, 2.45) is 0 Å². The third kappa shape index (κ3) is 4.23. The van der Waals surface area contributed by atoms with Crippen LogP contribution in [0.5, 0.6) is 0 Å². The maximum atomic E-state index is 6.41. The monoisotopic (exact) mass is 374 g/mol. The van der Waals surface area contributed by atoms with E-state index in [1.54, 1.807) is 6.33 Å². The average Bonchev–Trinajstić information content (AvgIpc) is 2.73. The Labute approximate surface area is 166 Å². The van der Waals surface area contributed by atoms with E-state index in [1.165, 1.54) is 11.1 Å². The lowest BCUT2D eigenvalue weighted by Crippen LogP contribution is -2.46. The molecule has 6 heteroatoms. The molecule has 0 amide bonds. The number of nitrogens with two attached hydrogens (primary N) is 1. The molecule has 1 saturated heterocycles. The first kappa shape index (κ1) is 18.3. The Kier molecular flexibility index (Phi) is 5.39. The Morgan fingerprint density at radius 3 is 2.36 bits per heavy atom. The Hall–Kier alpha value is -3.12. The smallest absolute Gasteiger partial charge is 0.159 e. The summed E-state index contributed by atoms with van der Waals surface area (Å²) in [6.07, 6.45) is 1.58. The molecule has 6 nitrogen and oxygen atoms in total. The summed E-state index contributed by atoms with van der Waals surface area (Å²) in [6.45, 7) is 6.82. The molecule has 1 aromatic heterocycles. The molecule has 0 bridgehead atoms. The standard InChI is InChI=1S/C22H26N6/c1-17-7-9-19(10-8-17)26-21-20(23)22(25-16-24-21)28-13-11-27(12-14-28)15-18-5-3-2-4-6-18/h2-10,16H,11-15,23H2,1H3,(H,24,25,26). The quantitative estimate of drug-likeness (QED) is 0.713. The zero-order chi connectivity index (χ0) is 19.3. The van der Waals surface area contributed by atoms with Crippen molar-refractivity contribution in [2.75, 3.05) is 42.1 Å². The number of hydrogen-bond acceptors (Lipinski definition) is 6. The van der Waals surface area contributed by atoms with Crippen LogP contribution in [0.2, 0.25) is 0 Å². The second-order valence-electron chi connectivity index (χ2n) is 7.20. The summed E-state index contributed by atoms with van der Waals surface area (Å²) in [5.41, 5.74) is 10.5. The number of piperazine rings is 1. The van der Waals surface area contributed by atoms with Crippen LogP contribution in [-0.4, -0.2) is 41.0 Å². The van der Waals surface area contributed by atoms with Crippen LogP contribution in [0.1, 0.15) is 11.1 Å². The maximum absolute atomic E-state index is 6.41. The lowest BCUT2D eigenvalue weighted by Gasteiger charge is -2.36. The minimum absolute atomic E-state index is 0.597. The fraction of sp³-hybridized carbons (Fsp3) is 0.273. The van der Waals surface area contributed by atoms with Crippen molar-refractivity contribution in [1.82, 2.24) is 14.9 Å². The highest BCUT2D eigenvalue weighted by Gasteiger charge is 2.21. The molecule has 0 aliphatic carbocycles. The molecule has 3 aromatic rings. The molecule has 0 spiro atoms. The van der Waals surface area contributed by atoms with E-state index in [0.717, 1.165) is 44.2 Å². The van der Waals surface area contributed by atoms with Crippen molar-refractivity contribution in [2.45, 2.75) is 13.5 Å². The van der Waals surface area contributed by atoms with Gasteiger partial charge in [0.2, 0.25) is 0 Å². The molecule has 0 atom stereocenters. The Balaban J connectivity index is 1.41. The zero-order valence-corrected chi connectivity index (χ0v) is 16.2. The number of nitrogen functional groups attached to an aromatic ring is 1. The first-order valence-electron chi connectivity index (χ1n) is 9.64. The molecular weight excluding hydrogens is 348 g/mol. The van der Waals surface area contributed by atoms with Gasteiger partial charge in [-0.15, -0.1) is 0 Å². The van der Waals surface area contributed by atoms with E-state index in [1.807, 2.05) is 12.1 Å². The van der Waals surface area contributed by atoms with Crippen LogP contribution in [-0.2, 0) is 6.54 Å². The molecular formula is C22H26N6. The molecule has 0 unspecified atom stereocenters. The maximum Gasteiger partial charge on any atom is 0.159 e. The van der Waals surface area contributed by atoms with Crippen LogP contribution in [0.15, 0.2) is 60.9 Å². The normalized spacial score (nSPS) is 14.8. The van der Waals surface area contributed by atoms with Crippen LogP contribution in [0.3, 0.4) is 0 Å². The molecule has 2 heterocycles. The summed E-state index contributed by atoms with van der Waals surface area (Å²) < 4.78 is 0. The molecule has 0 saturated carbocycles. The largest absolute Gasteiger partial charge is 0.393 e. The van der Waals surface area contributed by atoms with Gasteiger partial charge >= 0.3 is 0 Å². The third-order valence-corrected chi connectivity index (χ3v) is 5.10. The second-order valence-corrected chi connectivity index (χ2v) is 7.20. The first-order chi connectivity index (χ1) is 13.7. The van der Waals surface area contributed by atoms with Crippen molar-refractivity contribution in [1.29, 1.82) is 0 Å². The minimum Gasteiger partial charge on any atom is -0.393 e. The SMILES string of the molecule is Cc1ccc(Nc2ncnc(N3CCN(Cc4ccccc4)CC3)c2N)cc1. The second kappa shape index (κ2) is 8.27. The van der Waals surface area contributed by atoms with E-state index in [2.05, 4.69) is 74.5 Å². The molecule has 3 N–H and O–H groups in total. The topological polar surface area (TPSA) is 70.3 Å². The van der Waals surface area contributed by atoms with Gasteiger partial charge < -0.3 is 16.0 Å². The van der Waals surface area contributed by atoms with Crippen LogP contribution in [0.4, 0.5) is 23.0 Å². The molecule has 1 aliphatic heterocycles. The summed E-state index contributed by atoms with van der Waals surface area (Å²) >= 11 is 0. The molecule has 1 aliphatic rings. The zero-order valence-electron chi connectivity index (χ0n) is 16.2. The molecule has 2 aromatic carbocycles. The highest BCUT2D eigenvalue weighted by molar-refractivity contribution is 5.78. The van der Waals surface area contributed by atoms with Crippen molar-refractivity contribution in [3.63, 3.8) is 0 Å². The van der Waals surface area contributed by atoms with Gasteiger partial charge in [0.25, 0.3) is 0 Å². The van der Waals surface area contributed by atoms with E-state index < -0.39 is 0 Å². The van der Waals surface area contributed by atoms with Crippen LogP contribution >= 0.6 is 0 Å². The number of aryl methyl sites for hydroxylation is 1. The lowest BCUT2D eigenvalue weighted by atomic mass is 10.2. The Morgan fingerprint density at radius 2 is 1.64 bits per heavy atom. The van der Waals surface area contributed by atoms with Crippen molar-refractivity contribution < 1.29 is 0 Å². The summed E-state index contributed by atoms with van der Waals surface area (Å²) in [6, 6.07) is 18.8. The van der Waals surface area contributed by atoms with Crippen LogP contribution in [0, 0.1) is 6.92 Å². The molecule has 144 valence electrons. The van der Waals surface area contributed by atoms with E-state index in [0.29, 0.717) is 11.5 Å². The van der Waals surface area contributed by atoms with Gasteiger partial charge in [-0.05, 0) is 24.6 Å². The molecule has 0 radical (unpaired) electrons.